The van der Waals surface area contributed by atoms with Gasteiger partial charge in [0.05, 0.1) is 0 Å². The molecule has 0 bridgehead atoms. The molecule has 0 radical (unpaired) electrons. The number of amides is 1. The normalized spacial score (nSPS) is 12.8. The van der Waals surface area contributed by atoms with E-state index in [4.69, 9.17) is 5.11 Å². The second-order valence-corrected chi connectivity index (χ2v) is 5.68. The lowest BCUT2D eigenvalue weighted by Gasteiger charge is -2.11. The lowest BCUT2D eigenvalue weighted by atomic mass is 10.1. The number of hydrogen-bond donors (Lipinski definition) is 1. The Hall–Kier alpha value is -0.420. The molecule has 0 rings (SSSR count). The molecule has 4 nitrogen and oxygen atoms in total. The van der Waals surface area contributed by atoms with Gasteiger partial charge in [0.1, 0.15) is 5.60 Å². The molecule has 0 aromatic heterocycles. The van der Waals surface area contributed by atoms with Crippen LogP contribution in [0.3, 0.4) is 0 Å². The second-order valence-electron chi connectivity index (χ2n) is 3.14. The van der Waals surface area contributed by atoms with Crippen LogP contribution in [0.4, 0.5) is 0 Å². The predicted molar refractivity (Wildman–Crippen MR) is 43.7 cm³/mol. The fourth-order valence-electron chi connectivity index (χ4n) is 0.311. The highest BCUT2D eigenvalue weighted by atomic mass is 32.2. The molecular weight excluding hydrogens is 166 g/mol. The molecular formula is C6H13NO3S. The Morgan fingerprint density at radius 2 is 1.82 bits per heavy atom. The summed E-state index contributed by atoms with van der Waals surface area (Å²) in [6, 6.07) is 0. The Bertz CT molecular complexity index is 260. The molecule has 66 valence electrons. The first-order valence-electron chi connectivity index (χ1n) is 3.07. The van der Waals surface area contributed by atoms with Crippen LogP contribution in [0.25, 0.3) is 0 Å². The van der Waals surface area contributed by atoms with Crippen molar-refractivity contribution in [2.45, 2.75) is 19.4 Å². The van der Waals surface area contributed by atoms with E-state index in [1.807, 2.05) is 0 Å². The van der Waals surface area contributed by atoms with Crippen LogP contribution in [0.5, 0.6) is 0 Å². The Morgan fingerprint density at radius 1 is 1.45 bits per heavy atom. The van der Waals surface area contributed by atoms with Crippen molar-refractivity contribution in [1.82, 2.24) is 0 Å². The van der Waals surface area contributed by atoms with Crippen molar-refractivity contribution in [3.8, 4) is 0 Å². The number of carbonyl (C=O) groups excluding carboxylic acids is 1. The maximum atomic E-state index is 10.9. The number of aliphatic hydroxyl groups is 1. The van der Waals surface area contributed by atoms with Gasteiger partial charge in [0.15, 0.2) is 0 Å². The van der Waals surface area contributed by atoms with Crippen LogP contribution in [0.15, 0.2) is 4.36 Å². The molecule has 0 saturated heterocycles. The highest BCUT2D eigenvalue weighted by molar-refractivity contribution is 7.92. The standard InChI is InChI=1S/C6H13NO3S/c1-6(2,9)5(8)7-11(3,4)10/h9H,1-4H3. The van der Waals surface area contributed by atoms with E-state index in [0.717, 1.165) is 0 Å². The minimum atomic E-state index is -2.44. The van der Waals surface area contributed by atoms with Gasteiger partial charge in [-0.2, -0.15) is 4.36 Å². The van der Waals surface area contributed by atoms with Gasteiger partial charge < -0.3 is 5.11 Å². The zero-order chi connectivity index (χ0) is 9.28. The summed E-state index contributed by atoms with van der Waals surface area (Å²) in [7, 11) is -2.44. The second kappa shape index (κ2) is 2.91. The van der Waals surface area contributed by atoms with Crippen molar-refractivity contribution in [2.75, 3.05) is 12.5 Å². The first kappa shape index (κ1) is 10.6. The molecule has 11 heavy (non-hydrogen) atoms. The third-order valence-electron chi connectivity index (χ3n) is 0.826. The monoisotopic (exact) mass is 179 g/mol. The molecule has 0 atom stereocenters. The SMILES string of the molecule is CC(C)(O)C(=O)N=S(C)(C)=O. The lowest BCUT2D eigenvalue weighted by Crippen LogP contribution is -2.30. The fraction of sp³-hybridized carbons (Fsp3) is 0.833. The van der Waals surface area contributed by atoms with E-state index in [1.165, 1.54) is 26.4 Å². The highest BCUT2D eigenvalue weighted by Gasteiger charge is 2.23. The predicted octanol–water partition coefficient (Wildman–Crippen LogP) is 0.0115. The molecule has 0 fully saturated rings. The van der Waals surface area contributed by atoms with Crippen molar-refractivity contribution >= 4 is 15.6 Å². The Kier molecular flexibility index (Phi) is 2.79. The first-order valence-corrected chi connectivity index (χ1v) is 5.40. The number of hydrogen-bond acceptors (Lipinski definition) is 3. The highest BCUT2D eigenvalue weighted by Crippen LogP contribution is 2.04. The molecule has 5 heteroatoms. The van der Waals surface area contributed by atoms with Gasteiger partial charge >= 0.3 is 0 Å². The van der Waals surface area contributed by atoms with E-state index in [0.29, 0.717) is 0 Å². The summed E-state index contributed by atoms with van der Waals surface area (Å²) in [6.07, 6.45) is 2.69. The summed E-state index contributed by atoms with van der Waals surface area (Å²) in [5, 5.41) is 9.08. The summed E-state index contributed by atoms with van der Waals surface area (Å²) in [4.78, 5) is 10.9. The largest absolute Gasteiger partial charge is 0.380 e. The van der Waals surface area contributed by atoms with Gasteiger partial charge in [0.25, 0.3) is 5.91 Å². The first-order chi connectivity index (χ1) is 4.63. The molecule has 0 spiro atoms. The molecule has 0 aliphatic rings. The van der Waals surface area contributed by atoms with Gasteiger partial charge in [-0.05, 0) is 13.8 Å². The van der Waals surface area contributed by atoms with Gasteiger partial charge in [-0.25, -0.2) is 4.21 Å². The zero-order valence-corrected chi connectivity index (χ0v) is 7.94. The van der Waals surface area contributed by atoms with E-state index >= 15 is 0 Å². The van der Waals surface area contributed by atoms with E-state index in [-0.39, 0.29) is 0 Å². The van der Waals surface area contributed by atoms with Gasteiger partial charge in [-0.1, -0.05) is 0 Å². The van der Waals surface area contributed by atoms with Gasteiger partial charge in [-0.3, -0.25) is 4.79 Å². The average molecular weight is 179 g/mol. The third kappa shape index (κ3) is 4.92. The van der Waals surface area contributed by atoms with Gasteiger partial charge in [0, 0.05) is 22.2 Å². The summed E-state index contributed by atoms with van der Waals surface area (Å²) in [6.45, 7) is 2.62. The summed E-state index contributed by atoms with van der Waals surface area (Å²) in [5.41, 5.74) is -1.52. The summed E-state index contributed by atoms with van der Waals surface area (Å²) < 4.78 is 14.3. The average Bonchev–Trinajstić information content (AvgIpc) is 1.56. The molecule has 0 unspecified atom stereocenters. The fourth-order valence-corrected chi connectivity index (χ4v) is 0.934. The molecule has 0 aromatic rings. The van der Waals surface area contributed by atoms with Crippen LogP contribution in [0.2, 0.25) is 0 Å². The molecule has 1 amide bonds. The van der Waals surface area contributed by atoms with Crippen molar-refractivity contribution in [3.05, 3.63) is 0 Å². The minimum absolute atomic E-state index is 0.743. The van der Waals surface area contributed by atoms with E-state index in [1.54, 1.807) is 0 Å². The van der Waals surface area contributed by atoms with Crippen LogP contribution < -0.4 is 0 Å². The smallest absolute Gasteiger partial charge is 0.285 e. The maximum Gasteiger partial charge on any atom is 0.285 e. The van der Waals surface area contributed by atoms with Crippen molar-refractivity contribution in [2.24, 2.45) is 4.36 Å². The van der Waals surface area contributed by atoms with Crippen molar-refractivity contribution in [1.29, 1.82) is 0 Å². The Morgan fingerprint density at radius 3 is 1.91 bits per heavy atom. The van der Waals surface area contributed by atoms with Gasteiger partial charge in [-0.15, -0.1) is 0 Å². The molecule has 0 heterocycles. The van der Waals surface area contributed by atoms with Crippen molar-refractivity contribution in [3.63, 3.8) is 0 Å². The van der Waals surface area contributed by atoms with Crippen LogP contribution in [0.1, 0.15) is 13.8 Å². The summed E-state index contributed by atoms with van der Waals surface area (Å²) in [5.74, 6) is -0.743. The topological polar surface area (TPSA) is 66.7 Å². The van der Waals surface area contributed by atoms with Gasteiger partial charge in [0.2, 0.25) is 0 Å². The van der Waals surface area contributed by atoms with Crippen LogP contribution in [0, 0.1) is 0 Å². The molecule has 0 aromatic carbocycles. The molecule has 0 aliphatic carbocycles. The quantitative estimate of drug-likeness (QED) is 0.616. The number of nitrogens with zero attached hydrogens (tertiary/aromatic N) is 1. The molecule has 0 aliphatic heterocycles. The summed E-state index contributed by atoms with van der Waals surface area (Å²) >= 11 is 0. The maximum absolute atomic E-state index is 10.9. The zero-order valence-electron chi connectivity index (χ0n) is 7.12. The van der Waals surface area contributed by atoms with E-state index < -0.39 is 21.2 Å². The number of rotatable bonds is 1. The lowest BCUT2D eigenvalue weighted by molar-refractivity contribution is -0.132. The van der Waals surface area contributed by atoms with Crippen LogP contribution >= 0.6 is 0 Å². The van der Waals surface area contributed by atoms with Crippen LogP contribution in [-0.2, 0) is 14.5 Å². The molecule has 0 saturated carbocycles. The minimum Gasteiger partial charge on any atom is -0.380 e. The Labute approximate surface area is 66.8 Å². The Balaban J connectivity index is 4.73. The number of carbonyl (C=O) groups is 1. The van der Waals surface area contributed by atoms with Crippen LogP contribution in [-0.4, -0.2) is 33.3 Å². The van der Waals surface area contributed by atoms with Crippen molar-refractivity contribution < 1.29 is 14.1 Å². The van der Waals surface area contributed by atoms with E-state index in [2.05, 4.69) is 4.36 Å². The van der Waals surface area contributed by atoms with E-state index in [9.17, 15) is 9.00 Å². The third-order valence-corrected chi connectivity index (χ3v) is 1.43. The molecule has 1 N–H and O–H groups in total.